The lowest BCUT2D eigenvalue weighted by atomic mass is 10.2. The Morgan fingerprint density at radius 2 is 1.93 bits per heavy atom. The molecule has 0 atom stereocenters. The van der Waals surface area contributed by atoms with Crippen LogP contribution in [0.25, 0.3) is 0 Å². The van der Waals surface area contributed by atoms with E-state index in [1.165, 1.54) is 32.2 Å². The summed E-state index contributed by atoms with van der Waals surface area (Å²) >= 11 is 0. The van der Waals surface area contributed by atoms with Gasteiger partial charge in [0.05, 0.1) is 13.6 Å². The maximum atomic E-state index is 2.25. The molecule has 1 aromatic heterocycles. The molecule has 4 heteroatoms. The standard InChI is InChI=1S/C10H19N2.ClH.H2O/c1-3-4-5-6-7-12-9-8-11(2)10-12;;/h8-10H,3-7H2,1-2H3;1H;1H2/q+1;;/p-1. The van der Waals surface area contributed by atoms with Crippen molar-refractivity contribution in [3.8, 4) is 0 Å². The number of halogens is 1. The van der Waals surface area contributed by atoms with Crippen LogP contribution in [0, 0.1) is 0 Å². The van der Waals surface area contributed by atoms with Gasteiger partial charge in [-0.25, -0.2) is 9.13 Å². The molecule has 0 bridgehead atoms. The molecule has 0 aromatic carbocycles. The fraction of sp³-hybridized carbons (Fsp3) is 0.700. The van der Waals surface area contributed by atoms with Crippen LogP contribution in [-0.2, 0) is 13.6 Å². The average Bonchev–Trinajstić information content (AvgIpc) is 2.45. The molecule has 1 rings (SSSR count). The number of nitrogens with zero attached hydrogens (tertiary/aromatic N) is 2. The van der Waals surface area contributed by atoms with Crippen LogP contribution < -0.4 is 17.0 Å². The Bertz CT molecular complexity index is 226. The van der Waals surface area contributed by atoms with E-state index < -0.39 is 0 Å². The predicted octanol–water partition coefficient (Wildman–Crippen LogP) is -1.93. The Morgan fingerprint density at radius 1 is 1.21 bits per heavy atom. The highest BCUT2D eigenvalue weighted by Gasteiger charge is 1.97. The van der Waals surface area contributed by atoms with Crippen molar-refractivity contribution in [2.24, 2.45) is 7.05 Å². The van der Waals surface area contributed by atoms with Crippen LogP contribution >= 0.6 is 0 Å². The Balaban J connectivity index is 0. The molecule has 0 unspecified atom stereocenters. The van der Waals surface area contributed by atoms with Gasteiger partial charge in [0.1, 0.15) is 12.4 Å². The number of imidazole rings is 1. The van der Waals surface area contributed by atoms with E-state index in [0.717, 1.165) is 0 Å². The molecule has 0 aliphatic heterocycles. The van der Waals surface area contributed by atoms with Crippen molar-refractivity contribution in [2.45, 2.75) is 39.2 Å². The van der Waals surface area contributed by atoms with Crippen molar-refractivity contribution >= 4 is 0 Å². The maximum Gasteiger partial charge on any atom is 0.243 e. The Hall–Kier alpha value is -0.540. The third kappa shape index (κ3) is 6.00. The van der Waals surface area contributed by atoms with Crippen molar-refractivity contribution < 1.29 is 22.5 Å². The van der Waals surface area contributed by atoms with Gasteiger partial charge < -0.3 is 17.9 Å². The minimum Gasteiger partial charge on any atom is -1.00 e. The number of rotatable bonds is 5. The molecule has 3 nitrogen and oxygen atoms in total. The molecular weight excluding hydrogens is 200 g/mol. The first-order valence-electron chi connectivity index (χ1n) is 4.84. The van der Waals surface area contributed by atoms with Gasteiger partial charge in [-0.05, 0) is 12.8 Å². The zero-order chi connectivity index (χ0) is 8.81. The fourth-order valence-corrected chi connectivity index (χ4v) is 1.36. The molecule has 1 aromatic rings. The molecule has 14 heavy (non-hydrogen) atoms. The summed E-state index contributed by atoms with van der Waals surface area (Å²) in [5.74, 6) is 0. The summed E-state index contributed by atoms with van der Waals surface area (Å²) in [5, 5.41) is 0. The van der Waals surface area contributed by atoms with Gasteiger partial charge in [0.25, 0.3) is 0 Å². The molecule has 0 spiro atoms. The van der Waals surface area contributed by atoms with Crippen LogP contribution in [0.2, 0.25) is 0 Å². The first-order valence-corrected chi connectivity index (χ1v) is 4.84. The number of aromatic nitrogens is 2. The van der Waals surface area contributed by atoms with E-state index in [4.69, 9.17) is 0 Å². The third-order valence-electron chi connectivity index (χ3n) is 2.09. The second-order valence-electron chi connectivity index (χ2n) is 3.38. The number of hydrogen-bond donors (Lipinski definition) is 0. The fourth-order valence-electron chi connectivity index (χ4n) is 1.36. The second kappa shape index (κ2) is 9.03. The van der Waals surface area contributed by atoms with E-state index >= 15 is 0 Å². The molecule has 2 N–H and O–H groups in total. The quantitative estimate of drug-likeness (QED) is 0.410. The van der Waals surface area contributed by atoms with Crippen LogP contribution in [-0.4, -0.2) is 10.0 Å². The number of unbranched alkanes of at least 4 members (excludes halogenated alkanes) is 3. The van der Waals surface area contributed by atoms with Crippen molar-refractivity contribution in [1.29, 1.82) is 0 Å². The van der Waals surface area contributed by atoms with E-state index in [1.54, 1.807) is 0 Å². The van der Waals surface area contributed by atoms with Crippen molar-refractivity contribution in [1.82, 2.24) is 4.57 Å². The molecule has 0 fully saturated rings. The lowest BCUT2D eigenvalue weighted by molar-refractivity contribution is -0.671. The summed E-state index contributed by atoms with van der Waals surface area (Å²) < 4.78 is 4.33. The minimum atomic E-state index is 0. The first kappa shape index (κ1) is 15.9. The molecule has 0 aliphatic rings. The topological polar surface area (TPSA) is 40.3 Å². The normalized spacial score (nSPS) is 9.00. The zero-order valence-electron chi connectivity index (χ0n) is 9.04. The summed E-state index contributed by atoms with van der Waals surface area (Å²) in [6.45, 7) is 3.41. The average molecular weight is 221 g/mol. The monoisotopic (exact) mass is 220 g/mol. The molecule has 0 saturated carbocycles. The minimum absolute atomic E-state index is 0. The highest BCUT2D eigenvalue weighted by Crippen LogP contribution is 2.00. The molecular formula is C10H21ClN2O. The van der Waals surface area contributed by atoms with E-state index in [2.05, 4.69) is 41.8 Å². The van der Waals surface area contributed by atoms with Gasteiger partial charge in [-0.1, -0.05) is 19.8 Å². The highest BCUT2D eigenvalue weighted by molar-refractivity contribution is 4.65. The smallest absolute Gasteiger partial charge is 0.243 e. The SMILES string of the molecule is CCCCCCn1cc[n+](C)c1.O.[Cl-]. The summed E-state index contributed by atoms with van der Waals surface area (Å²) in [5.41, 5.74) is 0. The number of aryl methyl sites for hydroxylation is 2. The van der Waals surface area contributed by atoms with E-state index in [9.17, 15) is 0 Å². The lowest BCUT2D eigenvalue weighted by Crippen LogP contribution is -3.00. The van der Waals surface area contributed by atoms with Crippen molar-refractivity contribution in [3.05, 3.63) is 18.7 Å². The Labute approximate surface area is 92.5 Å². The van der Waals surface area contributed by atoms with Gasteiger partial charge in [-0.3, -0.25) is 0 Å². The molecule has 0 amide bonds. The Morgan fingerprint density at radius 3 is 2.43 bits per heavy atom. The van der Waals surface area contributed by atoms with Crippen LogP contribution in [0.15, 0.2) is 18.7 Å². The Kier molecular flexibility index (Phi) is 10.3. The predicted molar refractivity (Wildman–Crippen MR) is 53.4 cm³/mol. The molecule has 1 heterocycles. The van der Waals surface area contributed by atoms with Crippen molar-refractivity contribution in [3.63, 3.8) is 0 Å². The summed E-state index contributed by atoms with van der Waals surface area (Å²) in [7, 11) is 2.06. The van der Waals surface area contributed by atoms with Crippen molar-refractivity contribution in [2.75, 3.05) is 0 Å². The first-order chi connectivity index (χ1) is 5.83. The zero-order valence-corrected chi connectivity index (χ0v) is 9.80. The van der Waals surface area contributed by atoms with Gasteiger partial charge >= 0.3 is 0 Å². The van der Waals surface area contributed by atoms with Crippen LogP contribution in [0.4, 0.5) is 0 Å². The lowest BCUT2D eigenvalue weighted by Gasteiger charge is -1.95. The van der Waals surface area contributed by atoms with E-state index in [0.29, 0.717) is 0 Å². The molecule has 0 radical (unpaired) electrons. The molecule has 0 aliphatic carbocycles. The van der Waals surface area contributed by atoms with Crippen LogP contribution in [0.1, 0.15) is 32.6 Å². The van der Waals surface area contributed by atoms with E-state index in [-0.39, 0.29) is 17.9 Å². The van der Waals surface area contributed by atoms with Crippen LogP contribution in [0.3, 0.4) is 0 Å². The second-order valence-corrected chi connectivity index (χ2v) is 3.38. The maximum absolute atomic E-state index is 2.25. The largest absolute Gasteiger partial charge is 1.00 e. The third-order valence-corrected chi connectivity index (χ3v) is 2.09. The highest BCUT2D eigenvalue weighted by atomic mass is 35.5. The van der Waals surface area contributed by atoms with Gasteiger partial charge in [-0.2, -0.15) is 0 Å². The van der Waals surface area contributed by atoms with Gasteiger partial charge in [0.2, 0.25) is 6.33 Å². The van der Waals surface area contributed by atoms with Gasteiger partial charge in [-0.15, -0.1) is 0 Å². The van der Waals surface area contributed by atoms with Crippen LogP contribution in [0.5, 0.6) is 0 Å². The molecule has 0 saturated heterocycles. The summed E-state index contributed by atoms with van der Waals surface area (Å²) in [6.07, 6.45) is 11.7. The van der Waals surface area contributed by atoms with Gasteiger partial charge in [0.15, 0.2) is 0 Å². The summed E-state index contributed by atoms with van der Waals surface area (Å²) in [6, 6.07) is 0. The van der Waals surface area contributed by atoms with E-state index in [1.807, 2.05) is 0 Å². The summed E-state index contributed by atoms with van der Waals surface area (Å²) in [4.78, 5) is 0. The van der Waals surface area contributed by atoms with Gasteiger partial charge in [0, 0.05) is 0 Å². The molecule has 84 valence electrons. The number of hydrogen-bond acceptors (Lipinski definition) is 0.